The number of likely N-dealkylation sites (N-methyl/N-ethyl adjacent to an activating group) is 1. The lowest BCUT2D eigenvalue weighted by molar-refractivity contribution is -0.0777. The van der Waals surface area contributed by atoms with Crippen LogP contribution in [0.25, 0.3) is 0 Å². The summed E-state index contributed by atoms with van der Waals surface area (Å²) in [6, 6.07) is 7.47. The molecule has 3 fully saturated rings. The number of ether oxygens (including phenoxy) is 1. The van der Waals surface area contributed by atoms with Crippen molar-refractivity contribution in [1.29, 1.82) is 0 Å². The standard InChI is InChI=1S/C24H39N3O3S/c1-20(2)18-21-4-6-23(7-5-21)31(28,29)27-12-10-24(11-13-27)9-8-22(30-24)19-26-16-14-25(3)15-17-26/h4-7,20,22H,8-19H2,1-3H3. The van der Waals surface area contributed by atoms with Crippen LogP contribution in [0, 0.1) is 5.92 Å². The van der Waals surface area contributed by atoms with Crippen molar-refractivity contribution < 1.29 is 13.2 Å². The Balaban J connectivity index is 1.31. The van der Waals surface area contributed by atoms with E-state index in [4.69, 9.17) is 4.74 Å². The Kier molecular flexibility index (Phi) is 7.08. The Labute approximate surface area is 188 Å². The van der Waals surface area contributed by atoms with E-state index in [1.54, 1.807) is 16.4 Å². The maximum absolute atomic E-state index is 13.2. The van der Waals surface area contributed by atoms with Crippen molar-refractivity contribution in [2.24, 2.45) is 5.92 Å². The van der Waals surface area contributed by atoms with Gasteiger partial charge in [0.15, 0.2) is 0 Å². The lowest BCUT2D eigenvalue weighted by Crippen LogP contribution is -2.49. The third-order valence-corrected chi connectivity index (χ3v) is 9.15. The molecule has 3 aliphatic heterocycles. The van der Waals surface area contributed by atoms with Gasteiger partial charge in [-0.05, 0) is 62.8 Å². The zero-order chi connectivity index (χ0) is 22.1. The molecule has 3 heterocycles. The summed E-state index contributed by atoms with van der Waals surface area (Å²) in [5, 5.41) is 0. The van der Waals surface area contributed by atoms with Gasteiger partial charge in [0, 0.05) is 45.8 Å². The van der Waals surface area contributed by atoms with Gasteiger partial charge in [-0.2, -0.15) is 4.31 Å². The van der Waals surface area contributed by atoms with Gasteiger partial charge in [0.2, 0.25) is 10.0 Å². The van der Waals surface area contributed by atoms with E-state index in [2.05, 4.69) is 30.7 Å². The van der Waals surface area contributed by atoms with Crippen molar-refractivity contribution in [3.63, 3.8) is 0 Å². The maximum Gasteiger partial charge on any atom is 0.243 e. The van der Waals surface area contributed by atoms with Gasteiger partial charge in [-0.15, -0.1) is 0 Å². The molecule has 0 N–H and O–H groups in total. The van der Waals surface area contributed by atoms with E-state index in [1.807, 2.05) is 12.1 Å². The SMILES string of the molecule is CC(C)Cc1ccc(S(=O)(=O)N2CCC3(CCC(CN4CCN(C)CC4)O3)CC2)cc1. The first-order valence-electron chi connectivity index (χ1n) is 11.9. The molecular formula is C24H39N3O3S. The van der Waals surface area contributed by atoms with Crippen molar-refractivity contribution in [3.8, 4) is 0 Å². The van der Waals surface area contributed by atoms with Crippen LogP contribution in [0.15, 0.2) is 29.2 Å². The zero-order valence-electron chi connectivity index (χ0n) is 19.4. The minimum atomic E-state index is -3.43. The van der Waals surface area contributed by atoms with Crippen molar-refractivity contribution in [3.05, 3.63) is 29.8 Å². The molecule has 1 atom stereocenters. The summed E-state index contributed by atoms with van der Waals surface area (Å²) < 4.78 is 34.5. The fourth-order valence-electron chi connectivity index (χ4n) is 5.26. The van der Waals surface area contributed by atoms with Gasteiger partial charge in [-0.25, -0.2) is 8.42 Å². The van der Waals surface area contributed by atoms with Gasteiger partial charge in [-0.3, -0.25) is 4.90 Å². The zero-order valence-corrected chi connectivity index (χ0v) is 20.2. The highest BCUT2D eigenvalue weighted by Gasteiger charge is 2.44. The Hall–Kier alpha value is -0.990. The molecule has 6 nitrogen and oxygen atoms in total. The number of benzene rings is 1. The molecule has 0 aliphatic carbocycles. The molecule has 0 saturated carbocycles. The lowest BCUT2D eigenvalue weighted by atomic mass is 9.89. The highest BCUT2D eigenvalue weighted by atomic mass is 32.2. The fraction of sp³-hybridized carbons (Fsp3) is 0.750. The second kappa shape index (κ2) is 9.48. The molecule has 3 aliphatic rings. The number of nitrogens with zero attached hydrogens (tertiary/aromatic N) is 3. The lowest BCUT2D eigenvalue weighted by Gasteiger charge is -2.39. The molecular weight excluding hydrogens is 410 g/mol. The van der Waals surface area contributed by atoms with Crippen LogP contribution in [-0.4, -0.2) is 87.1 Å². The summed E-state index contributed by atoms with van der Waals surface area (Å²) in [4.78, 5) is 5.31. The smallest absolute Gasteiger partial charge is 0.243 e. The molecule has 1 spiro atoms. The molecule has 0 aromatic heterocycles. The molecule has 3 saturated heterocycles. The second-order valence-electron chi connectivity index (χ2n) is 10.2. The van der Waals surface area contributed by atoms with Crippen LogP contribution in [0.3, 0.4) is 0 Å². The summed E-state index contributed by atoms with van der Waals surface area (Å²) in [6.07, 6.45) is 5.02. The van der Waals surface area contributed by atoms with Gasteiger partial charge >= 0.3 is 0 Å². The Morgan fingerprint density at radius 3 is 2.26 bits per heavy atom. The first kappa shape index (κ1) is 23.2. The molecule has 7 heteroatoms. The van der Waals surface area contributed by atoms with E-state index >= 15 is 0 Å². The van der Waals surface area contributed by atoms with E-state index in [0.717, 1.165) is 64.8 Å². The normalized spacial score (nSPS) is 26.1. The Morgan fingerprint density at radius 1 is 1.00 bits per heavy atom. The minimum Gasteiger partial charge on any atom is -0.370 e. The second-order valence-corrected chi connectivity index (χ2v) is 12.1. The number of hydrogen-bond acceptors (Lipinski definition) is 5. The average Bonchev–Trinajstić information content (AvgIpc) is 3.12. The van der Waals surface area contributed by atoms with Crippen LogP contribution in [-0.2, 0) is 21.2 Å². The van der Waals surface area contributed by atoms with E-state index in [9.17, 15) is 8.42 Å². The van der Waals surface area contributed by atoms with Gasteiger partial charge in [0.25, 0.3) is 0 Å². The minimum absolute atomic E-state index is 0.121. The van der Waals surface area contributed by atoms with E-state index in [1.165, 1.54) is 5.56 Å². The van der Waals surface area contributed by atoms with Gasteiger partial charge in [-0.1, -0.05) is 26.0 Å². The van der Waals surface area contributed by atoms with Crippen molar-refractivity contribution in [2.45, 2.75) is 62.6 Å². The molecule has 1 unspecified atom stereocenters. The highest BCUT2D eigenvalue weighted by molar-refractivity contribution is 7.89. The molecule has 0 radical (unpaired) electrons. The topological polar surface area (TPSA) is 53.1 Å². The molecule has 31 heavy (non-hydrogen) atoms. The van der Waals surface area contributed by atoms with Crippen molar-refractivity contribution in [2.75, 3.05) is 52.9 Å². The predicted molar refractivity (Wildman–Crippen MR) is 124 cm³/mol. The fourth-order valence-corrected chi connectivity index (χ4v) is 6.70. The Bertz CT molecular complexity index is 824. The van der Waals surface area contributed by atoms with Crippen LogP contribution in [0.1, 0.15) is 45.1 Å². The number of piperidine rings is 1. The number of piperazine rings is 1. The Morgan fingerprint density at radius 2 is 1.65 bits per heavy atom. The molecule has 0 bridgehead atoms. The molecule has 174 valence electrons. The van der Waals surface area contributed by atoms with Crippen LogP contribution >= 0.6 is 0 Å². The summed E-state index contributed by atoms with van der Waals surface area (Å²) in [5.74, 6) is 0.562. The summed E-state index contributed by atoms with van der Waals surface area (Å²) in [7, 11) is -1.25. The van der Waals surface area contributed by atoms with E-state index < -0.39 is 10.0 Å². The monoisotopic (exact) mass is 449 g/mol. The van der Waals surface area contributed by atoms with E-state index in [0.29, 0.717) is 30.0 Å². The van der Waals surface area contributed by atoms with Crippen LogP contribution < -0.4 is 0 Å². The third kappa shape index (κ3) is 5.50. The molecule has 1 aromatic carbocycles. The largest absolute Gasteiger partial charge is 0.370 e. The summed E-state index contributed by atoms with van der Waals surface area (Å²) in [6.45, 7) is 11.0. The maximum atomic E-state index is 13.2. The van der Waals surface area contributed by atoms with Crippen molar-refractivity contribution >= 4 is 10.0 Å². The van der Waals surface area contributed by atoms with Crippen LogP contribution in [0.2, 0.25) is 0 Å². The molecule has 0 amide bonds. The summed E-state index contributed by atoms with van der Waals surface area (Å²) >= 11 is 0. The third-order valence-electron chi connectivity index (χ3n) is 7.24. The number of sulfonamides is 1. The van der Waals surface area contributed by atoms with Crippen LogP contribution in [0.4, 0.5) is 0 Å². The van der Waals surface area contributed by atoms with Crippen LogP contribution in [0.5, 0.6) is 0 Å². The van der Waals surface area contributed by atoms with Gasteiger partial charge < -0.3 is 9.64 Å². The van der Waals surface area contributed by atoms with Gasteiger partial charge in [0.1, 0.15) is 0 Å². The average molecular weight is 450 g/mol. The van der Waals surface area contributed by atoms with E-state index in [-0.39, 0.29) is 5.60 Å². The summed E-state index contributed by atoms with van der Waals surface area (Å²) in [5.41, 5.74) is 1.07. The predicted octanol–water partition coefficient (Wildman–Crippen LogP) is 2.83. The van der Waals surface area contributed by atoms with Crippen molar-refractivity contribution in [1.82, 2.24) is 14.1 Å². The highest BCUT2D eigenvalue weighted by Crippen LogP contribution is 2.40. The quantitative estimate of drug-likeness (QED) is 0.669. The first-order valence-corrected chi connectivity index (χ1v) is 13.4. The number of rotatable bonds is 6. The molecule has 4 rings (SSSR count). The molecule has 1 aromatic rings. The van der Waals surface area contributed by atoms with Gasteiger partial charge in [0.05, 0.1) is 16.6 Å². The number of hydrogen-bond donors (Lipinski definition) is 0. The first-order chi connectivity index (χ1) is 14.8.